The Morgan fingerprint density at radius 1 is 0.889 bits per heavy atom. The molecule has 0 heterocycles. The summed E-state index contributed by atoms with van der Waals surface area (Å²) in [6.45, 7) is 4.41. The predicted molar refractivity (Wildman–Crippen MR) is 125 cm³/mol. The number of allylic oxidation sites excluding steroid dienone is 4. The van der Waals surface area contributed by atoms with Crippen molar-refractivity contribution in [2.75, 3.05) is 0 Å². The van der Waals surface area contributed by atoms with Crippen LogP contribution in [0.15, 0.2) is 72.3 Å². The fourth-order valence-corrected chi connectivity index (χ4v) is 2.72. The summed E-state index contributed by atoms with van der Waals surface area (Å²) in [7, 11) is 2.97. The van der Waals surface area contributed by atoms with Gasteiger partial charge in [-0.25, -0.2) is 6.08 Å². The first-order valence-electron chi connectivity index (χ1n) is 7.80. The maximum absolute atomic E-state index is 3.14. The zero-order valence-electron chi connectivity index (χ0n) is 16.5. The van der Waals surface area contributed by atoms with Gasteiger partial charge in [0.15, 0.2) is 0 Å². The first-order valence-corrected chi connectivity index (χ1v) is 10.6. The van der Waals surface area contributed by atoms with Gasteiger partial charge in [-0.1, -0.05) is 56.2 Å². The zero-order chi connectivity index (χ0) is 16.7. The van der Waals surface area contributed by atoms with E-state index in [1.54, 1.807) is 19.2 Å². The topological polar surface area (TPSA) is 0 Å². The van der Waals surface area contributed by atoms with Crippen LogP contribution < -0.4 is 0 Å². The largest absolute Gasteiger partial charge is 0.126 e. The van der Waals surface area contributed by atoms with Crippen LogP contribution in [0.2, 0.25) is 0 Å². The Kier molecular flexibility index (Phi) is 18.7. The van der Waals surface area contributed by atoms with Crippen LogP contribution in [0, 0.1) is 26.8 Å². The first-order chi connectivity index (χ1) is 11.3. The van der Waals surface area contributed by atoms with E-state index in [9.17, 15) is 0 Å². The molecule has 0 N–H and O–H groups in total. The van der Waals surface area contributed by atoms with Gasteiger partial charge in [0.05, 0.1) is 0 Å². The van der Waals surface area contributed by atoms with Gasteiger partial charge in [-0.3, -0.25) is 6.08 Å². The minimum Gasteiger partial charge on any atom is -0.126 e. The Bertz CT molecular complexity index is 784. The third-order valence-corrected chi connectivity index (χ3v) is 3.91. The molecule has 0 amide bonds. The van der Waals surface area contributed by atoms with Crippen LogP contribution in [-0.2, 0) is 19.2 Å². The van der Waals surface area contributed by atoms with Crippen molar-refractivity contribution in [3.63, 3.8) is 0 Å². The number of fused-ring (bicyclic) bond motifs is 3. The summed E-state index contributed by atoms with van der Waals surface area (Å²) in [5.41, 5.74) is 1.44. The second-order valence-corrected chi connectivity index (χ2v) is 5.73. The molecule has 4 rings (SSSR count). The molecular weight excluding hydrogens is 423 g/mol. The third-order valence-electron chi connectivity index (χ3n) is 3.91. The van der Waals surface area contributed by atoms with Crippen molar-refractivity contribution in [3.05, 3.63) is 93.3 Å². The van der Waals surface area contributed by atoms with E-state index in [0.29, 0.717) is 5.92 Å². The van der Waals surface area contributed by atoms with E-state index in [4.69, 9.17) is 0 Å². The van der Waals surface area contributed by atoms with E-state index in [0.717, 1.165) is 6.42 Å². The molecule has 4 heteroatoms. The van der Waals surface area contributed by atoms with Gasteiger partial charge >= 0.3 is 26.8 Å². The van der Waals surface area contributed by atoms with E-state index in [-0.39, 0.29) is 39.7 Å². The van der Waals surface area contributed by atoms with Crippen LogP contribution in [0.4, 0.5) is 0 Å². The van der Waals surface area contributed by atoms with Crippen molar-refractivity contribution in [1.82, 2.24) is 0 Å². The first kappa shape index (κ1) is 31.0. The van der Waals surface area contributed by atoms with Gasteiger partial charge in [-0.05, 0) is 0 Å². The summed E-state index contributed by atoms with van der Waals surface area (Å²) in [5.74, 6) is 0.685. The number of rotatable bonds is 1. The van der Waals surface area contributed by atoms with Crippen molar-refractivity contribution >= 4 is 54.0 Å². The molecule has 1 aliphatic carbocycles. The summed E-state index contributed by atoms with van der Waals surface area (Å²) in [6.07, 6.45) is 8.47. The smallest absolute Gasteiger partial charge is 0.0771 e. The summed E-state index contributed by atoms with van der Waals surface area (Å²) < 4.78 is 0. The number of halogens is 2. The molecule has 3 aromatic carbocycles. The minimum atomic E-state index is 0. The van der Waals surface area contributed by atoms with E-state index >= 15 is 0 Å². The van der Waals surface area contributed by atoms with E-state index in [2.05, 4.69) is 94.3 Å². The standard InChI is InChI=1S/C13H9.C8H11.2CH3.2ClH.Si.Ti/c1-3-7-12-10(5-1)9-11-6-2-4-8-13(11)12;1-7(2)8-5-3-4-6-8;;;;;;/h1-9H;5-7H,3H2,1-2H3;2*1H3;2*1H;;/q4*-1;;;;. The van der Waals surface area contributed by atoms with E-state index in [1.165, 1.54) is 27.1 Å². The Labute approximate surface area is 191 Å². The Balaban J connectivity index is -0.000000368. The Morgan fingerprint density at radius 3 is 1.67 bits per heavy atom. The molecule has 0 atom stereocenters. The molecule has 0 fully saturated rings. The number of benzene rings is 2. The fourth-order valence-electron chi connectivity index (χ4n) is 2.72. The average Bonchev–Trinajstić information content (AvgIpc) is 3.25. The fraction of sp³-hybridized carbons (Fsp3) is 0.174. The monoisotopic (exact) mass is 450 g/mol. The van der Waals surface area contributed by atoms with Gasteiger partial charge < -0.3 is 14.9 Å². The third kappa shape index (κ3) is 8.46. The van der Waals surface area contributed by atoms with Crippen LogP contribution >= 0.6 is 24.8 Å². The Morgan fingerprint density at radius 2 is 1.33 bits per heavy atom. The van der Waals surface area contributed by atoms with E-state index in [1.807, 2.05) is 0 Å². The number of hydrogen-bond donors (Lipinski definition) is 0. The Hall–Kier alpha value is -0.699. The molecule has 0 nitrogen and oxygen atoms in total. The molecular formula is C23H28Cl2SiTi-4. The molecule has 0 bridgehead atoms. The quantitative estimate of drug-likeness (QED) is 0.267. The molecule has 0 aromatic heterocycles. The van der Waals surface area contributed by atoms with Crippen LogP contribution in [0.1, 0.15) is 20.3 Å². The molecule has 146 valence electrons. The van der Waals surface area contributed by atoms with Crippen molar-refractivity contribution in [2.24, 2.45) is 5.92 Å². The normalized spacial score (nSPS) is 10.7. The predicted octanol–water partition coefficient (Wildman–Crippen LogP) is 7.40. The van der Waals surface area contributed by atoms with Crippen LogP contribution in [-0.4, -0.2) is 7.63 Å². The van der Waals surface area contributed by atoms with Gasteiger partial charge in [0.2, 0.25) is 0 Å². The van der Waals surface area contributed by atoms with Crippen LogP contribution in [0.3, 0.4) is 0 Å². The van der Waals surface area contributed by atoms with Gasteiger partial charge in [0.25, 0.3) is 0 Å². The van der Waals surface area contributed by atoms with Gasteiger partial charge in [-0.2, -0.15) is 11.6 Å². The van der Waals surface area contributed by atoms with Crippen molar-refractivity contribution in [3.8, 4) is 0 Å². The molecule has 27 heavy (non-hydrogen) atoms. The molecule has 0 saturated carbocycles. The van der Waals surface area contributed by atoms with Crippen LogP contribution in [0.25, 0.3) is 21.5 Å². The van der Waals surface area contributed by atoms with Gasteiger partial charge in [0, 0.05) is 0 Å². The number of hydrogen-bond acceptors (Lipinski definition) is 0. The van der Waals surface area contributed by atoms with Gasteiger partial charge in [0.1, 0.15) is 0 Å². The summed E-state index contributed by atoms with van der Waals surface area (Å²) >= 11 is 1.81. The van der Waals surface area contributed by atoms with Crippen molar-refractivity contribution in [2.45, 2.75) is 20.3 Å². The summed E-state index contributed by atoms with van der Waals surface area (Å²) in [6, 6.07) is 19.3. The molecule has 3 aromatic rings. The van der Waals surface area contributed by atoms with E-state index < -0.39 is 0 Å². The second-order valence-electron chi connectivity index (χ2n) is 5.73. The maximum atomic E-state index is 3.14. The molecule has 0 aliphatic heterocycles. The summed E-state index contributed by atoms with van der Waals surface area (Å²) in [5, 5.41) is 5.39. The maximum Gasteiger partial charge on any atom is -0.0771 e. The zero-order valence-corrected chi connectivity index (χ0v) is 20.6. The molecule has 1 aliphatic rings. The molecule has 0 spiro atoms. The minimum absolute atomic E-state index is 0. The molecule has 0 saturated heterocycles. The average molecular weight is 451 g/mol. The van der Waals surface area contributed by atoms with Crippen LogP contribution in [0.5, 0.6) is 0 Å². The SMILES string of the molecule is CC(C)C1=CC[C-]=C1.Cl.Cl.[CH3-].[CH3-].[Si]=[Ti].c1ccc2c(c1)[cH-]c1ccccc12. The molecule has 0 unspecified atom stereocenters. The van der Waals surface area contributed by atoms with Gasteiger partial charge in [-0.15, -0.1) is 71.0 Å². The van der Waals surface area contributed by atoms with Crippen molar-refractivity contribution < 1.29 is 19.2 Å². The second kappa shape index (κ2) is 16.3. The molecule has 2 radical (unpaired) electrons. The summed E-state index contributed by atoms with van der Waals surface area (Å²) in [4.78, 5) is 0. The van der Waals surface area contributed by atoms with Crippen molar-refractivity contribution in [1.29, 1.82) is 0 Å².